The second-order valence-corrected chi connectivity index (χ2v) is 7.23. The Bertz CT molecular complexity index is 732. The van der Waals surface area contributed by atoms with Crippen molar-refractivity contribution >= 4 is 44.8 Å². The monoisotopic (exact) mass is 392 g/mol. The summed E-state index contributed by atoms with van der Waals surface area (Å²) in [5.41, 5.74) is 3.13. The fourth-order valence-electron chi connectivity index (χ4n) is 3.20. The Kier molecular flexibility index (Phi) is 4.64. The number of rotatable bonds is 2. The topological polar surface area (TPSA) is 32.3 Å². The minimum Gasteiger partial charge on any atom is -0.378 e. The lowest BCUT2D eigenvalue weighted by atomic mass is 9.91. The molecule has 3 nitrogen and oxygen atoms in total. The predicted octanol–water partition coefficient (Wildman–Crippen LogP) is 5.40. The first-order valence-corrected chi connectivity index (χ1v) is 8.74. The van der Waals surface area contributed by atoms with Crippen molar-refractivity contribution in [1.82, 2.24) is 0 Å². The van der Waals surface area contributed by atoms with Crippen molar-refractivity contribution in [2.24, 2.45) is 0 Å². The summed E-state index contributed by atoms with van der Waals surface area (Å²) in [6.07, 6.45) is 0.853. The molecule has 0 spiro atoms. The number of hydrogen-bond donors (Lipinski definition) is 1. The Morgan fingerprint density at radius 3 is 2.61 bits per heavy atom. The smallest absolute Gasteiger partial charge is 0.224 e. The maximum atomic E-state index is 12.0. The van der Waals surface area contributed by atoms with Crippen molar-refractivity contribution in [3.63, 3.8) is 0 Å². The second kappa shape index (κ2) is 6.54. The molecule has 0 unspecified atom stereocenters. The molecule has 0 aliphatic carbocycles. The summed E-state index contributed by atoms with van der Waals surface area (Å²) in [4.78, 5) is 13.9. The summed E-state index contributed by atoms with van der Waals surface area (Å²) in [5.74, 6) is 0.0750. The van der Waals surface area contributed by atoms with E-state index in [1.54, 1.807) is 6.92 Å². The quantitative estimate of drug-likeness (QED) is 0.741. The fourth-order valence-corrected chi connectivity index (χ4v) is 3.70. The van der Waals surface area contributed by atoms with E-state index in [1.165, 1.54) is 0 Å². The third-order valence-corrected chi connectivity index (χ3v) is 4.91. The number of benzene rings is 2. The molecule has 3 rings (SSSR count). The first-order valence-electron chi connectivity index (χ1n) is 7.57. The second-order valence-electron chi connectivity index (χ2n) is 5.88. The van der Waals surface area contributed by atoms with Gasteiger partial charge in [0.05, 0.1) is 6.04 Å². The number of nitrogens with one attached hydrogen (secondary N) is 1. The third-order valence-electron chi connectivity index (χ3n) is 4.17. The van der Waals surface area contributed by atoms with Crippen molar-refractivity contribution in [1.29, 1.82) is 0 Å². The summed E-state index contributed by atoms with van der Waals surface area (Å²) in [6, 6.07) is 14.1. The Balaban J connectivity index is 1.98. The maximum Gasteiger partial charge on any atom is 0.224 e. The van der Waals surface area contributed by atoms with Gasteiger partial charge in [0, 0.05) is 33.8 Å². The van der Waals surface area contributed by atoms with Crippen LogP contribution in [0.1, 0.15) is 31.9 Å². The molecular formula is C18H18BrClN2O. The molecule has 1 amide bonds. The van der Waals surface area contributed by atoms with Crippen LogP contribution in [-0.2, 0) is 4.79 Å². The van der Waals surface area contributed by atoms with Crippen molar-refractivity contribution in [2.45, 2.75) is 32.4 Å². The largest absolute Gasteiger partial charge is 0.378 e. The molecule has 0 fully saturated rings. The van der Waals surface area contributed by atoms with E-state index >= 15 is 0 Å². The van der Waals surface area contributed by atoms with E-state index in [0.29, 0.717) is 0 Å². The molecule has 0 saturated carbocycles. The van der Waals surface area contributed by atoms with Gasteiger partial charge in [0.15, 0.2) is 0 Å². The van der Waals surface area contributed by atoms with Gasteiger partial charge >= 0.3 is 0 Å². The van der Waals surface area contributed by atoms with Gasteiger partial charge in [-0.1, -0.05) is 27.5 Å². The number of halogens is 2. The summed E-state index contributed by atoms with van der Waals surface area (Å²) < 4.78 is 1.01. The van der Waals surface area contributed by atoms with E-state index in [9.17, 15) is 4.79 Å². The molecule has 2 aromatic rings. The van der Waals surface area contributed by atoms with Crippen LogP contribution in [0.2, 0.25) is 5.02 Å². The summed E-state index contributed by atoms with van der Waals surface area (Å²) in [7, 11) is 0. The van der Waals surface area contributed by atoms with Crippen LogP contribution >= 0.6 is 27.5 Å². The lowest BCUT2D eigenvalue weighted by Crippen LogP contribution is -2.43. The standard InChI is InChI=1S/C18H18BrClN2O/c1-11-9-17(21-15-6-4-14(20)5-7-15)16-10-13(19)3-8-18(16)22(11)12(2)23/h3-8,10-11,17,21H,9H2,1-2H3/t11-,17+/m0/s1. The molecule has 0 radical (unpaired) electrons. The van der Waals surface area contributed by atoms with Gasteiger partial charge in [0.1, 0.15) is 0 Å². The zero-order chi connectivity index (χ0) is 16.6. The predicted molar refractivity (Wildman–Crippen MR) is 99.2 cm³/mol. The van der Waals surface area contributed by atoms with Gasteiger partial charge in [-0.15, -0.1) is 0 Å². The molecule has 0 bridgehead atoms. The molecule has 2 atom stereocenters. The van der Waals surface area contributed by atoms with Crippen LogP contribution < -0.4 is 10.2 Å². The van der Waals surface area contributed by atoms with Crippen LogP contribution in [0.5, 0.6) is 0 Å². The van der Waals surface area contributed by atoms with Crippen LogP contribution in [0.15, 0.2) is 46.9 Å². The normalized spacial score (nSPS) is 20.1. The molecule has 120 valence electrons. The van der Waals surface area contributed by atoms with Gasteiger partial charge in [-0.2, -0.15) is 0 Å². The Morgan fingerprint density at radius 2 is 1.96 bits per heavy atom. The number of carbonyl (C=O) groups is 1. The summed E-state index contributed by atoms with van der Waals surface area (Å²) in [6.45, 7) is 3.71. The van der Waals surface area contributed by atoms with Gasteiger partial charge < -0.3 is 10.2 Å². The highest BCUT2D eigenvalue weighted by Crippen LogP contribution is 2.40. The molecule has 1 aliphatic rings. The van der Waals surface area contributed by atoms with E-state index in [1.807, 2.05) is 41.3 Å². The van der Waals surface area contributed by atoms with Crippen LogP contribution in [0.3, 0.4) is 0 Å². The van der Waals surface area contributed by atoms with E-state index in [4.69, 9.17) is 11.6 Å². The van der Waals surface area contributed by atoms with Gasteiger partial charge in [0.2, 0.25) is 5.91 Å². The minimum atomic E-state index is 0.0750. The highest BCUT2D eigenvalue weighted by atomic mass is 79.9. The molecule has 0 aromatic heterocycles. The van der Waals surface area contributed by atoms with Gasteiger partial charge in [0.25, 0.3) is 0 Å². The zero-order valence-corrected chi connectivity index (χ0v) is 15.4. The molecule has 0 saturated heterocycles. The maximum absolute atomic E-state index is 12.0. The highest BCUT2D eigenvalue weighted by Gasteiger charge is 2.32. The van der Waals surface area contributed by atoms with E-state index in [0.717, 1.165) is 32.9 Å². The van der Waals surface area contributed by atoms with Crippen molar-refractivity contribution in [3.8, 4) is 0 Å². The number of amides is 1. The Labute approximate surface area is 149 Å². The van der Waals surface area contributed by atoms with Gasteiger partial charge in [-0.05, 0) is 61.4 Å². The highest BCUT2D eigenvalue weighted by molar-refractivity contribution is 9.10. The van der Waals surface area contributed by atoms with Crippen molar-refractivity contribution in [3.05, 3.63) is 57.5 Å². The van der Waals surface area contributed by atoms with Crippen molar-refractivity contribution < 1.29 is 4.79 Å². The SMILES string of the molecule is CC(=O)N1c2ccc(Br)cc2[C@H](Nc2ccc(Cl)cc2)C[C@@H]1C. The number of fused-ring (bicyclic) bond motifs is 1. The molecule has 1 N–H and O–H groups in total. The lowest BCUT2D eigenvalue weighted by Gasteiger charge is -2.39. The summed E-state index contributed by atoms with van der Waals surface area (Å²) in [5, 5.41) is 4.28. The molecule has 2 aromatic carbocycles. The number of carbonyl (C=O) groups excluding carboxylic acids is 1. The minimum absolute atomic E-state index is 0.0750. The molecule has 23 heavy (non-hydrogen) atoms. The van der Waals surface area contributed by atoms with E-state index in [-0.39, 0.29) is 18.0 Å². The lowest BCUT2D eigenvalue weighted by molar-refractivity contribution is -0.117. The van der Waals surface area contributed by atoms with Crippen LogP contribution in [0.25, 0.3) is 0 Å². The molecule has 5 heteroatoms. The first-order chi connectivity index (χ1) is 11.0. The fraction of sp³-hybridized carbons (Fsp3) is 0.278. The molecule has 1 aliphatic heterocycles. The zero-order valence-electron chi connectivity index (χ0n) is 13.0. The number of hydrogen-bond acceptors (Lipinski definition) is 2. The Hall–Kier alpha value is -1.52. The third kappa shape index (κ3) is 3.38. The average Bonchev–Trinajstić information content (AvgIpc) is 2.49. The van der Waals surface area contributed by atoms with E-state index < -0.39 is 0 Å². The number of nitrogens with zero attached hydrogens (tertiary/aromatic N) is 1. The van der Waals surface area contributed by atoms with Crippen LogP contribution in [0, 0.1) is 0 Å². The number of anilines is 2. The van der Waals surface area contributed by atoms with Gasteiger partial charge in [-0.3, -0.25) is 4.79 Å². The van der Waals surface area contributed by atoms with Crippen molar-refractivity contribution in [2.75, 3.05) is 10.2 Å². The van der Waals surface area contributed by atoms with Crippen LogP contribution in [0.4, 0.5) is 11.4 Å². The van der Waals surface area contributed by atoms with E-state index in [2.05, 4.69) is 34.2 Å². The molecular weight excluding hydrogens is 376 g/mol. The summed E-state index contributed by atoms with van der Waals surface area (Å²) >= 11 is 9.49. The molecule has 1 heterocycles. The first kappa shape index (κ1) is 16.3. The average molecular weight is 394 g/mol. The Morgan fingerprint density at radius 1 is 1.26 bits per heavy atom. The van der Waals surface area contributed by atoms with Crippen LogP contribution in [-0.4, -0.2) is 11.9 Å². The van der Waals surface area contributed by atoms with Gasteiger partial charge in [-0.25, -0.2) is 0 Å².